The van der Waals surface area contributed by atoms with Crippen LogP contribution in [0.4, 0.5) is 10.1 Å². The summed E-state index contributed by atoms with van der Waals surface area (Å²) in [4.78, 5) is 13.7. The molecule has 1 aliphatic rings. The van der Waals surface area contributed by atoms with E-state index >= 15 is 0 Å². The van der Waals surface area contributed by atoms with Crippen LogP contribution in [0, 0.1) is 11.9 Å². The van der Waals surface area contributed by atoms with Gasteiger partial charge in [0.1, 0.15) is 17.6 Å². The molecule has 0 saturated heterocycles. The van der Waals surface area contributed by atoms with Gasteiger partial charge in [-0.2, -0.15) is 5.10 Å². The Balaban J connectivity index is 1.81. The summed E-state index contributed by atoms with van der Waals surface area (Å²) in [5.74, 6) is -1.02. The molecule has 0 bridgehead atoms. The van der Waals surface area contributed by atoms with Gasteiger partial charge in [-0.15, -0.1) is 0 Å². The molecule has 0 saturated carbocycles. The van der Waals surface area contributed by atoms with Gasteiger partial charge in [-0.1, -0.05) is 12.1 Å². The molecule has 0 spiro atoms. The van der Waals surface area contributed by atoms with E-state index in [2.05, 4.69) is 16.3 Å². The topological polar surface area (TPSA) is 69.2 Å². The predicted octanol–water partition coefficient (Wildman–Crippen LogP) is 3.03. The highest BCUT2D eigenvalue weighted by atomic mass is 19.1. The van der Waals surface area contributed by atoms with Gasteiger partial charge < -0.3 is 5.11 Å². The first-order chi connectivity index (χ1) is 11.1. The van der Waals surface area contributed by atoms with Crippen molar-refractivity contribution in [2.75, 3.05) is 4.90 Å². The number of aliphatic hydroxyl groups is 1. The highest BCUT2D eigenvalue weighted by molar-refractivity contribution is 6.03. The van der Waals surface area contributed by atoms with Gasteiger partial charge >= 0.3 is 0 Å². The monoisotopic (exact) mass is 308 g/mol. The maximum absolute atomic E-state index is 13.1. The number of benzene rings is 2. The fourth-order valence-corrected chi connectivity index (χ4v) is 2.77. The largest absolute Gasteiger partial charge is 0.509 e. The van der Waals surface area contributed by atoms with E-state index < -0.39 is 11.9 Å². The molecule has 1 atom stereocenters. The van der Waals surface area contributed by atoms with Gasteiger partial charge in [0.15, 0.2) is 0 Å². The Hall–Kier alpha value is -3.15. The van der Waals surface area contributed by atoms with Crippen LogP contribution in [-0.2, 0) is 4.79 Å². The van der Waals surface area contributed by atoms with E-state index in [-0.39, 0.29) is 11.6 Å². The normalized spacial score (nSPS) is 17.8. The van der Waals surface area contributed by atoms with Crippen LogP contribution < -0.4 is 4.90 Å². The summed E-state index contributed by atoms with van der Waals surface area (Å²) in [5.41, 5.74) is 1.98. The lowest BCUT2D eigenvalue weighted by Gasteiger charge is -2.25. The Morgan fingerprint density at radius 3 is 2.78 bits per heavy atom. The van der Waals surface area contributed by atoms with Crippen LogP contribution in [0.5, 0.6) is 0 Å². The van der Waals surface area contributed by atoms with Gasteiger partial charge in [0.2, 0.25) is 0 Å². The van der Waals surface area contributed by atoms with E-state index in [1.807, 2.05) is 6.07 Å². The van der Waals surface area contributed by atoms with Crippen molar-refractivity contribution >= 4 is 22.5 Å². The van der Waals surface area contributed by atoms with Crippen LogP contribution in [0.25, 0.3) is 10.9 Å². The Bertz CT molecular complexity index is 930. The molecule has 4 rings (SSSR count). The van der Waals surface area contributed by atoms with E-state index in [0.717, 1.165) is 10.9 Å². The van der Waals surface area contributed by atoms with Gasteiger partial charge in [-0.3, -0.25) is 14.8 Å². The molecule has 1 unspecified atom stereocenters. The number of carbonyl (C=O) groups is 1. The minimum absolute atomic E-state index is 0.189. The van der Waals surface area contributed by atoms with E-state index in [1.165, 1.54) is 29.2 Å². The van der Waals surface area contributed by atoms with Crippen LogP contribution in [0.2, 0.25) is 0 Å². The number of H-pyrrole nitrogens is 1. The molecule has 0 aliphatic carbocycles. The molecular weight excluding hydrogens is 297 g/mol. The summed E-state index contributed by atoms with van der Waals surface area (Å²) < 4.78 is 13.1. The predicted molar refractivity (Wildman–Crippen MR) is 82.1 cm³/mol. The van der Waals surface area contributed by atoms with Crippen molar-refractivity contribution < 1.29 is 14.3 Å². The van der Waals surface area contributed by atoms with Crippen molar-refractivity contribution in [2.45, 2.75) is 6.04 Å². The average Bonchev–Trinajstić information content (AvgIpc) is 3.11. The maximum Gasteiger partial charge on any atom is 0.263 e. The number of carbonyl (C=O) groups excluding carboxylic acids is 1. The number of nitrogens with one attached hydrogen (secondary N) is 1. The zero-order valence-corrected chi connectivity index (χ0v) is 11.8. The Morgan fingerprint density at radius 1 is 1.22 bits per heavy atom. The summed E-state index contributed by atoms with van der Waals surface area (Å²) in [6.45, 7) is 0. The van der Waals surface area contributed by atoms with Gasteiger partial charge in [-0.05, 0) is 35.9 Å². The quantitative estimate of drug-likeness (QED) is 0.764. The fraction of sp³-hybridized carbons (Fsp3) is 0.0588. The van der Waals surface area contributed by atoms with Gasteiger partial charge in [0.25, 0.3) is 5.91 Å². The van der Waals surface area contributed by atoms with Crippen LogP contribution >= 0.6 is 0 Å². The van der Waals surface area contributed by atoms with Crippen LogP contribution in [-0.4, -0.2) is 21.2 Å². The molecule has 1 amide bonds. The Morgan fingerprint density at radius 2 is 2.00 bits per heavy atom. The molecular formula is C17H11FN3O2. The molecule has 0 fully saturated rings. The highest BCUT2D eigenvalue weighted by Crippen LogP contribution is 2.37. The standard InChI is InChI=1S/C17H11FN3O2/c18-12-4-1-10(2-5-12)17-15(22)8-16(23)21(17)13-6-3-11-9-19-20-14(11)7-13/h1-7,9,17,22H,(H,19,20). The molecule has 1 radical (unpaired) electrons. The minimum atomic E-state index is -0.719. The molecule has 6 heteroatoms. The van der Waals surface area contributed by atoms with E-state index in [4.69, 9.17) is 0 Å². The molecule has 2 N–H and O–H groups in total. The summed E-state index contributed by atoms with van der Waals surface area (Å²) in [6.07, 6.45) is 4.09. The molecule has 1 aliphatic heterocycles. The lowest BCUT2D eigenvalue weighted by Crippen LogP contribution is -2.29. The number of aromatic nitrogens is 2. The summed E-state index contributed by atoms with van der Waals surface area (Å²) in [6, 6.07) is 10.3. The molecule has 1 aromatic heterocycles. The molecule has 23 heavy (non-hydrogen) atoms. The number of aliphatic hydroxyl groups excluding tert-OH is 1. The first-order valence-electron chi connectivity index (χ1n) is 6.98. The highest BCUT2D eigenvalue weighted by Gasteiger charge is 2.36. The SMILES string of the molecule is O=C1[C]=C(O)C(c2ccc(F)cc2)N1c1ccc2cn[nH]c2c1. The maximum atomic E-state index is 13.1. The first-order valence-corrected chi connectivity index (χ1v) is 6.98. The number of amides is 1. The number of hydrogen-bond donors (Lipinski definition) is 2. The number of halogens is 1. The van der Waals surface area contributed by atoms with Crippen molar-refractivity contribution in [1.82, 2.24) is 10.2 Å². The third kappa shape index (κ3) is 2.15. The van der Waals surface area contributed by atoms with Gasteiger partial charge in [0.05, 0.1) is 17.8 Å². The first kappa shape index (κ1) is 13.5. The van der Waals surface area contributed by atoms with Crippen LogP contribution in [0.3, 0.4) is 0 Å². The van der Waals surface area contributed by atoms with Crippen LogP contribution in [0.15, 0.2) is 54.4 Å². The molecule has 5 nitrogen and oxygen atoms in total. The zero-order valence-electron chi connectivity index (χ0n) is 11.8. The Kier molecular flexibility index (Phi) is 2.90. The summed E-state index contributed by atoms with van der Waals surface area (Å²) in [5, 5.41) is 17.8. The lowest BCUT2D eigenvalue weighted by atomic mass is 10.0. The number of hydrogen-bond acceptors (Lipinski definition) is 3. The zero-order chi connectivity index (χ0) is 16.0. The van der Waals surface area contributed by atoms with E-state index in [0.29, 0.717) is 11.3 Å². The molecule has 2 heterocycles. The van der Waals surface area contributed by atoms with Crippen molar-refractivity contribution in [3.05, 3.63) is 71.9 Å². The molecule has 2 aromatic carbocycles. The van der Waals surface area contributed by atoms with Crippen molar-refractivity contribution in [1.29, 1.82) is 0 Å². The van der Waals surface area contributed by atoms with Gasteiger partial charge in [0, 0.05) is 11.1 Å². The van der Waals surface area contributed by atoms with Crippen molar-refractivity contribution in [3.8, 4) is 0 Å². The lowest BCUT2D eigenvalue weighted by molar-refractivity contribution is -0.114. The second-order valence-electron chi connectivity index (χ2n) is 5.28. The number of aromatic amines is 1. The summed E-state index contributed by atoms with van der Waals surface area (Å²) in [7, 11) is 0. The number of rotatable bonds is 2. The van der Waals surface area contributed by atoms with Crippen molar-refractivity contribution in [2.24, 2.45) is 0 Å². The van der Waals surface area contributed by atoms with E-state index in [9.17, 15) is 14.3 Å². The average molecular weight is 308 g/mol. The summed E-state index contributed by atoms with van der Waals surface area (Å²) >= 11 is 0. The second kappa shape index (κ2) is 4.95. The number of nitrogens with zero attached hydrogens (tertiary/aromatic N) is 2. The van der Waals surface area contributed by atoms with Gasteiger partial charge in [-0.25, -0.2) is 4.39 Å². The van der Waals surface area contributed by atoms with Crippen LogP contribution in [0.1, 0.15) is 11.6 Å². The smallest absolute Gasteiger partial charge is 0.263 e. The minimum Gasteiger partial charge on any atom is -0.509 e. The molecule has 3 aromatic rings. The Labute approximate surface area is 130 Å². The van der Waals surface area contributed by atoms with E-state index in [1.54, 1.807) is 18.3 Å². The third-order valence-electron chi connectivity index (χ3n) is 3.86. The second-order valence-corrected chi connectivity index (χ2v) is 5.28. The fourth-order valence-electron chi connectivity index (χ4n) is 2.77. The number of fused-ring (bicyclic) bond motifs is 1. The number of anilines is 1. The molecule has 113 valence electrons. The third-order valence-corrected chi connectivity index (χ3v) is 3.86. The van der Waals surface area contributed by atoms with Crippen molar-refractivity contribution in [3.63, 3.8) is 0 Å².